The molecule has 0 spiro atoms. The normalized spacial score (nSPS) is 21.2. The highest BCUT2D eigenvalue weighted by Crippen LogP contribution is 2.32. The third-order valence-corrected chi connectivity index (χ3v) is 2.36. The molecule has 1 saturated carbocycles. The van der Waals surface area contributed by atoms with Crippen molar-refractivity contribution in [2.75, 3.05) is 13.2 Å². The van der Waals surface area contributed by atoms with Gasteiger partial charge in [0.1, 0.15) is 6.61 Å². The van der Waals surface area contributed by atoms with E-state index in [1.54, 1.807) is 0 Å². The lowest BCUT2D eigenvalue weighted by atomic mass is 9.76. The highest BCUT2D eigenvalue weighted by atomic mass is 19.4. The number of hydrogen-bond acceptors (Lipinski definition) is 2. The first-order valence-electron chi connectivity index (χ1n) is 4.35. The summed E-state index contributed by atoms with van der Waals surface area (Å²) in [4.78, 5) is 0. The second-order valence-electron chi connectivity index (χ2n) is 3.63. The van der Waals surface area contributed by atoms with Crippen LogP contribution in [0.3, 0.4) is 0 Å². The molecule has 0 aliphatic heterocycles. The fourth-order valence-electron chi connectivity index (χ4n) is 1.34. The Balaban J connectivity index is 2.01. The van der Waals surface area contributed by atoms with E-state index in [1.165, 1.54) is 0 Å². The average molecular weight is 197 g/mol. The van der Waals surface area contributed by atoms with Gasteiger partial charge in [-0.1, -0.05) is 0 Å². The van der Waals surface area contributed by atoms with Crippen molar-refractivity contribution in [3.63, 3.8) is 0 Å². The van der Waals surface area contributed by atoms with Crippen LogP contribution in [-0.2, 0) is 4.74 Å². The average Bonchev–Trinajstić information content (AvgIpc) is 1.93. The maximum absolute atomic E-state index is 11.6. The Morgan fingerprint density at radius 3 is 2.31 bits per heavy atom. The number of rotatable bonds is 4. The second kappa shape index (κ2) is 3.84. The Morgan fingerprint density at radius 1 is 1.31 bits per heavy atom. The van der Waals surface area contributed by atoms with Crippen molar-refractivity contribution in [3.8, 4) is 0 Å². The molecule has 1 rings (SSSR count). The first-order valence-corrected chi connectivity index (χ1v) is 4.35. The van der Waals surface area contributed by atoms with Gasteiger partial charge in [0, 0.05) is 12.1 Å². The Bertz CT molecular complexity index is 165. The van der Waals surface area contributed by atoms with Gasteiger partial charge in [0.2, 0.25) is 0 Å². The summed E-state index contributed by atoms with van der Waals surface area (Å²) in [6, 6.07) is 0. The van der Waals surface area contributed by atoms with Crippen LogP contribution in [-0.4, -0.2) is 24.9 Å². The van der Waals surface area contributed by atoms with Crippen molar-refractivity contribution < 1.29 is 17.9 Å². The monoisotopic (exact) mass is 197 g/mol. The lowest BCUT2D eigenvalue weighted by Gasteiger charge is -2.38. The summed E-state index contributed by atoms with van der Waals surface area (Å²) in [7, 11) is 0. The predicted molar refractivity (Wildman–Crippen MR) is 42.3 cm³/mol. The molecule has 0 aromatic rings. The van der Waals surface area contributed by atoms with E-state index in [4.69, 9.17) is 5.73 Å². The van der Waals surface area contributed by atoms with Gasteiger partial charge in [-0.3, -0.25) is 0 Å². The van der Waals surface area contributed by atoms with E-state index in [-0.39, 0.29) is 12.1 Å². The van der Waals surface area contributed by atoms with E-state index in [9.17, 15) is 13.2 Å². The Labute approximate surface area is 75.2 Å². The molecule has 1 aliphatic rings. The Morgan fingerprint density at radius 2 is 1.92 bits per heavy atom. The SMILES string of the molecule is NC1(CCOCC(F)(F)F)CCC1. The summed E-state index contributed by atoms with van der Waals surface area (Å²) in [5, 5.41) is 0. The van der Waals surface area contributed by atoms with Gasteiger partial charge in [-0.25, -0.2) is 0 Å². The second-order valence-corrected chi connectivity index (χ2v) is 3.63. The third kappa shape index (κ3) is 3.95. The molecule has 78 valence electrons. The van der Waals surface area contributed by atoms with Gasteiger partial charge < -0.3 is 10.5 Å². The van der Waals surface area contributed by atoms with Crippen molar-refractivity contribution in [1.29, 1.82) is 0 Å². The number of hydrogen-bond donors (Lipinski definition) is 1. The molecule has 1 aliphatic carbocycles. The topological polar surface area (TPSA) is 35.2 Å². The van der Waals surface area contributed by atoms with E-state index in [0.717, 1.165) is 19.3 Å². The largest absolute Gasteiger partial charge is 0.411 e. The van der Waals surface area contributed by atoms with Gasteiger partial charge in [-0.2, -0.15) is 13.2 Å². The number of ether oxygens (including phenoxy) is 1. The molecule has 0 amide bonds. The molecular formula is C8H14F3NO. The molecule has 2 N–H and O–H groups in total. The van der Waals surface area contributed by atoms with Crippen molar-refractivity contribution in [3.05, 3.63) is 0 Å². The van der Waals surface area contributed by atoms with E-state index < -0.39 is 12.8 Å². The number of alkyl halides is 3. The van der Waals surface area contributed by atoms with Crippen LogP contribution in [0.5, 0.6) is 0 Å². The first kappa shape index (κ1) is 10.8. The van der Waals surface area contributed by atoms with Gasteiger partial charge >= 0.3 is 6.18 Å². The van der Waals surface area contributed by atoms with Crippen molar-refractivity contribution in [1.82, 2.24) is 0 Å². The molecule has 1 fully saturated rings. The highest BCUT2D eigenvalue weighted by Gasteiger charge is 2.33. The molecule has 0 bridgehead atoms. The summed E-state index contributed by atoms with van der Waals surface area (Å²) in [6.07, 6.45) is -0.801. The number of halogens is 3. The van der Waals surface area contributed by atoms with Crippen LogP contribution in [0.2, 0.25) is 0 Å². The minimum atomic E-state index is -4.22. The van der Waals surface area contributed by atoms with Crippen molar-refractivity contribution >= 4 is 0 Å². The van der Waals surface area contributed by atoms with Gasteiger partial charge in [0.15, 0.2) is 0 Å². The summed E-state index contributed by atoms with van der Waals surface area (Å²) in [6.45, 7) is -1.06. The van der Waals surface area contributed by atoms with Gasteiger partial charge in [0.05, 0.1) is 0 Å². The van der Waals surface area contributed by atoms with Crippen molar-refractivity contribution in [2.24, 2.45) is 5.73 Å². The molecule has 0 radical (unpaired) electrons. The smallest absolute Gasteiger partial charge is 0.372 e. The third-order valence-electron chi connectivity index (χ3n) is 2.36. The highest BCUT2D eigenvalue weighted by molar-refractivity contribution is 4.92. The molecule has 13 heavy (non-hydrogen) atoms. The van der Waals surface area contributed by atoms with E-state index in [1.807, 2.05) is 0 Å². The molecule has 0 saturated heterocycles. The molecule has 0 aromatic heterocycles. The van der Waals surface area contributed by atoms with Crippen LogP contribution in [0.4, 0.5) is 13.2 Å². The lowest BCUT2D eigenvalue weighted by Crippen LogP contribution is -2.47. The Hall–Kier alpha value is -0.290. The molecule has 5 heteroatoms. The minimum Gasteiger partial charge on any atom is -0.372 e. The zero-order valence-corrected chi connectivity index (χ0v) is 7.36. The molecule has 0 heterocycles. The van der Waals surface area contributed by atoms with Crippen molar-refractivity contribution in [2.45, 2.75) is 37.4 Å². The van der Waals surface area contributed by atoms with Crippen LogP contribution in [0, 0.1) is 0 Å². The zero-order chi connectivity index (χ0) is 9.95. The maximum Gasteiger partial charge on any atom is 0.411 e. The van der Waals surface area contributed by atoms with Crippen LogP contribution in [0.15, 0.2) is 0 Å². The fraction of sp³-hybridized carbons (Fsp3) is 1.00. The Kier molecular flexibility index (Phi) is 3.18. The standard InChI is InChI=1S/C8H14F3NO/c9-8(10,11)6-13-5-4-7(12)2-1-3-7/h1-6,12H2. The minimum absolute atomic E-state index is 0.107. The van der Waals surface area contributed by atoms with Crippen LogP contribution in [0.25, 0.3) is 0 Å². The maximum atomic E-state index is 11.6. The predicted octanol–water partition coefficient (Wildman–Crippen LogP) is 1.84. The first-order chi connectivity index (χ1) is 5.91. The fourth-order valence-corrected chi connectivity index (χ4v) is 1.34. The van der Waals surface area contributed by atoms with Gasteiger partial charge in [-0.15, -0.1) is 0 Å². The van der Waals surface area contributed by atoms with Crippen LogP contribution in [0.1, 0.15) is 25.7 Å². The molecule has 0 aromatic carbocycles. The molecular weight excluding hydrogens is 183 g/mol. The van der Waals surface area contributed by atoms with Crippen LogP contribution < -0.4 is 5.73 Å². The van der Waals surface area contributed by atoms with E-state index >= 15 is 0 Å². The summed E-state index contributed by atoms with van der Waals surface area (Å²) in [5.41, 5.74) is 5.55. The molecule has 0 unspecified atom stereocenters. The van der Waals surface area contributed by atoms with Gasteiger partial charge in [0.25, 0.3) is 0 Å². The summed E-state index contributed by atoms with van der Waals surface area (Å²) in [5.74, 6) is 0. The summed E-state index contributed by atoms with van der Waals surface area (Å²) >= 11 is 0. The van der Waals surface area contributed by atoms with E-state index in [2.05, 4.69) is 4.74 Å². The molecule has 2 nitrogen and oxygen atoms in total. The van der Waals surface area contributed by atoms with Crippen LogP contribution >= 0.6 is 0 Å². The lowest BCUT2D eigenvalue weighted by molar-refractivity contribution is -0.175. The summed E-state index contributed by atoms with van der Waals surface area (Å²) < 4.78 is 39.3. The quantitative estimate of drug-likeness (QED) is 0.698. The van der Waals surface area contributed by atoms with Gasteiger partial charge in [-0.05, 0) is 25.7 Å². The number of nitrogens with two attached hydrogens (primary N) is 1. The molecule has 0 atom stereocenters. The zero-order valence-electron chi connectivity index (χ0n) is 7.36. The van der Waals surface area contributed by atoms with E-state index in [0.29, 0.717) is 6.42 Å².